The maximum absolute atomic E-state index is 5.50. The summed E-state index contributed by atoms with van der Waals surface area (Å²) in [5, 5.41) is 0. The van der Waals surface area contributed by atoms with Crippen molar-refractivity contribution in [1.29, 1.82) is 0 Å². The molecule has 1 aliphatic heterocycles. The van der Waals surface area contributed by atoms with Gasteiger partial charge in [-0.3, -0.25) is 0 Å². The highest BCUT2D eigenvalue weighted by molar-refractivity contribution is 5.11. The summed E-state index contributed by atoms with van der Waals surface area (Å²) in [6, 6.07) is 0. The van der Waals surface area contributed by atoms with Gasteiger partial charge in [-0.2, -0.15) is 0 Å². The van der Waals surface area contributed by atoms with Gasteiger partial charge in [0.15, 0.2) is 6.29 Å². The first-order chi connectivity index (χ1) is 7.33. The van der Waals surface area contributed by atoms with E-state index in [1.165, 1.54) is 0 Å². The molecule has 0 aromatic rings. The monoisotopic (exact) mass is 216 g/mol. The smallest absolute Gasteiger partial charge is 0.283 e. The molecular weight excluding hydrogens is 196 g/mol. The number of rotatable bonds is 7. The summed E-state index contributed by atoms with van der Waals surface area (Å²) >= 11 is 0. The van der Waals surface area contributed by atoms with Gasteiger partial charge in [0, 0.05) is 19.6 Å². The van der Waals surface area contributed by atoms with Gasteiger partial charge in [-0.05, 0) is 20.8 Å². The maximum Gasteiger partial charge on any atom is 0.283 e. The molecule has 4 heteroatoms. The lowest BCUT2D eigenvalue weighted by atomic mass is 10.2. The summed E-state index contributed by atoms with van der Waals surface area (Å²) in [5.41, 5.74) is 0.987. The zero-order valence-corrected chi connectivity index (χ0v) is 9.75. The van der Waals surface area contributed by atoms with Crippen LogP contribution in [0.2, 0.25) is 0 Å². The second-order valence-electron chi connectivity index (χ2n) is 3.09. The molecule has 1 rings (SSSR count). The largest absolute Gasteiger partial charge is 0.466 e. The van der Waals surface area contributed by atoms with Gasteiger partial charge < -0.3 is 18.9 Å². The lowest BCUT2D eigenvalue weighted by Gasteiger charge is -2.18. The minimum Gasteiger partial charge on any atom is -0.466 e. The van der Waals surface area contributed by atoms with E-state index >= 15 is 0 Å². The standard InChI is InChI=1S/C11H20O4/c1-4-12-10(13-5-2)9-7-8-15-11(9)14-6-3/h10H,4-8H2,1-3H3. The molecule has 0 atom stereocenters. The first kappa shape index (κ1) is 12.3. The van der Waals surface area contributed by atoms with E-state index in [4.69, 9.17) is 18.9 Å². The van der Waals surface area contributed by atoms with Crippen LogP contribution >= 0.6 is 0 Å². The molecule has 0 aromatic heterocycles. The van der Waals surface area contributed by atoms with Crippen molar-refractivity contribution in [1.82, 2.24) is 0 Å². The van der Waals surface area contributed by atoms with Crippen molar-refractivity contribution < 1.29 is 18.9 Å². The van der Waals surface area contributed by atoms with Crippen LogP contribution in [0.5, 0.6) is 0 Å². The third-order valence-electron chi connectivity index (χ3n) is 2.06. The topological polar surface area (TPSA) is 36.9 Å². The van der Waals surface area contributed by atoms with E-state index in [2.05, 4.69) is 0 Å². The molecule has 0 fully saturated rings. The zero-order chi connectivity index (χ0) is 11.1. The minimum atomic E-state index is -0.316. The predicted molar refractivity (Wildman–Crippen MR) is 56.3 cm³/mol. The quantitative estimate of drug-likeness (QED) is 0.610. The van der Waals surface area contributed by atoms with Crippen LogP contribution in [0.3, 0.4) is 0 Å². The van der Waals surface area contributed by atoms with Gasteiger partial charge in [0.05, 0.1) is 18.8 Å². The van der Waals surface area contributed by atoms with Gasteiger partial charge in [-0.1, -0.05) is 0 Å². The van der Waals surface area contributed by atoms with Gasteiger partial charge in [0.25, 0.3) is 5.95 Å². The van der Waals surface area contributed by atoms with E-state index in [-0.39, 0.29) is 6.29 Å². The van der Waals surface area contributed by atoms with Crippen LogP contribution in [0.15, 0.2) is 11.5 Å². The third kappa shape index (κ3) is 3.39. The molecule has 1 aliphatic rings. The van der Waals surface area contributed by atoms with Gasteiger partial charge in [0.1, 0.15) is 0 Å². The van der Waals surface area contributed by atoms with E-state index in [0.29, 0.717) is 32.4 Å². The fraction of sp³-hybridized carbons (Fsp3) is 0.818. The highest BCUT2D eigenvalue weighted by Gasteiger charge is 2.26. The van der Waals surface area contributed by atoms with E-state index in [0.717, 1.165) is 12.0 Å². The predicted octanol–water partition coefficient (Wildman–Crippen LogP) is 2.05. The summed E-state index contributed by atoms with van der Waals surface area (Å²) in [5.74, 6) is 0.587. The van der Waals surface area contributed by atoms with E-state index in [9.17, 15) is 0 Å². The van der Waals surface area contributed by atoms with Crippen molar-refractivity contribution in [2.45, 2.75) is 33.5 Å². The molecule has 0 unspecified atom stereocenters. The van der Waals surface area contributed by atoms with E-state index in [1.807, 2.05) is 20.8 Å². The second kappa shape index (κ2) is 6.69. The minimum absolute atomic E-state index is 0.316. The Morgan fingerprint density at radius 2 is 1.80 bits per heavy atom. The van der Waals surface area contributed by atoms with Crippen molar-refractivity contribution in [3.05, 3.63) is 11.5 Å². The highest BCUT2D eigenvalue weighted by atomic mass is 16.7. The molecule has 0 amide bonds. The first-order valence-corrected chi connectivity index (χ1v) is 5.55. The average molecular weight is 216 g/mol. The van der Waals surface area contributed by atoms with Crippen LogP contribution in [-0.4, -0.2) is 32.7 Å². The molecule has 0 spiro atoms. The molecule has 1 heterocycles. The lowest BCUT2D eigenvalue weighted by molar-refractivity contribution is -0.115. The van der Waals surface area contributed by atoms with Crippen molar-refractivity contribution in [2.24, 2.45) is 0 Å². The summed E-state index contributed by atoms with van der Waals surface area (Å²) in [6.45, 7) is 8.32. The van der Waals surface area contributed by atoms with Crippen LogP contribution in [-0.2, 0) is 18.9 Å². The molecule has 0 aromatic carbocycles. The molecule has 0 N–H and O–H groups in total. The van der Waals surface area contributed by atoms with Gasteiger partial charge >= 0.3 is 0 Å². The third-order valence-corrected chi connectivity index (χ3v) is 2.06. The molecular formula is C11H20O4. The Morgan fingerprint density at radius 1 is 1.13 bits per heavy atom. The summed E-state index contributed by atoms with van der Waals surface area (Å²) in [4.78, 5) is 0. The summed E-state index contributed by atoms with van der Waals surface area (Å²) in [7, 11) is 0. The Hall–Kier alpha value is -0.740. The first-order valence-electron chi connectivity index (χ1n) is 5.55. The molecule has 0 bridgehead atoms. The Labute approximate surface area is 91.1 Å². The normalized spacial score (nSPS) is 16.0. The van der Waals surface area contributed by atoms with Crippen molar-refractivity contribution in [3.63, 3.8) is 0 Å². The van der Waals surface area contributed by atoms with Crippen molar-refractivity contribution in [3.8, 4) is 0 Å². The Bertz CT molecular complexity index is 207. The van der Waals surface area contributed by atoms with Gasteiger partial charge in [0.2, 0.25) is 0 Å². The number of hydrogen-bond acceptors (Lipinski definition) is 4. The lowest BCUT2D eigenvalue weighted by Crippen LogP contribution is -2.20. The van der Waals surface area contributed by atoms with Crippen LogP contribution in [0.4, 0.5) is 0 Å². The fourth-order valence-electron chi connectivity index (χ4n) is 1.48. The average Bonchev–Trinajstić information content (AvgIpc) is 2.66. The summed E-state index contributed by atoms with van der Waals surface area (Å²) < 4.78 is 21.8. The molecule has 4 nitrogen and oxygen atoms in total. The molecule has 15 heavy (non-hydrogen) atoms. The molecule has 0 aliphatic carbocycles. The summed E-state index contributed by atoms with van der Waals surface area (Å²) in [6.07, 6.45) is 0.504. The molecule has 88 valence electrons. The SMILES string of the molecule is CCOC1=C(C(OCC)OCC)CCO1. The van der Waals surface area contributed by atoms with Crippen LogP contribution in [0, 0.1) is 0 Å². The van der Waals surface area contributed by atoms with E-state index in [1.54, 1.807) is 0 Å². The molecule has 0 radical (unpaired) electrons. The Kier molecular flexibility index (Phi) is 5.50. The highest BCUT2D eigenvalue weighted by Crippen LogP contribution is 2.25. The number of ether oxygens (including phenoxy) is 4. The van der Waals surface area contributed by atoms with Crippen LogP contribution < -0.4 is 0 Å². The van der Waals surface area contributed by atoms with Crippen molar-refractivity contribution in [2.75, 3.05) is 26.4 Å². The molecule has 0 saturated carbocycles. The van der Waals surface area contributed by atoms with Gasteiger partial charge in [-0.25, -0.2) is 0 Å². The fourth-order valence-corrected chi connectivity index (χ4v) is 1.48. The zero-order valence-electron chi connectivity index (χ0n) is 9.75. The Morgan fingerprint density at radius 3 is 2.33 bits per heavy atom. The van der Waals surface area contributed by atoms with E-state index < -0.39 is 0 Å². The second-order valence-corrected chi connectivity index (χ2v) is 3.09. The number of hydrogen-bond donors (Lipinski definition) is 0. The van der Waals surface area contributed by atoms with Crippen LogP contribution in [0.25, 0.3) is 0 Å². The Balaban J connectivity index is 2.65. The van der Waals surface area contributed by atoms with Crippen LogP contribution in [0.1, 0.15) is 27.2 Å². The molecule has 0 saturated heterocycles. The maximum atomic E-state index is 5.50. The van der Waals surface area contributed by atoms with Crippen molar-refractivity contribution >= 4 is 0 Å². The van der Waals surface area contributed by atoms with Gasteiger partial charge in [-0.15, -0.1) is 0 Å².